The number of amides is 3. The van der Waals surface area contributed by atoms with Crippen LogP contribution < -0.4 is 16.4 Å². The van der Waals surface area contributed by atoms with Crippen LogP contribution >= 0.6 is 0 Å². The number of esters is 1. The molecule has 0 radical (unpaired) electrons. The van der Waals surface area contributed by atoms with Crippen LogP contribution in [0.15, 0.2) is 54.9 Å². The summed E-state index contributed by atoms with van der Waals surface area (Å²) in [6, 6.07) is 9.16. The molecule has 2 heterocycles. The van der Waals surface area contributed by atoms with Crippen molar-refractivity contribution in [3.05, 3.63) is 66.0 Å². The molecule has 0 saturated carbocycles. The number of unbranched alkanes of at least 4 members (excludes halogenated alkanes) is 1. The van der Waals surface area contributed by atoms with E-state index in [1.165, 1.54) is 4.90 Å². The minimum Gasteiger partial charge on any atom is -0.480 e. The van der Waals surface area contributed by atoms with Gasteiger partial charge in [0.15, 0.2) is 0 Å². The monoisotopic (exact) mass is 611 g/mol. The molecule has 0 unspecified atom stereocenters. The number of likely N-dealkylation sites (tertiary alicyclic amines) is 1. The molecule has 5 N–H and O–H groups in total. The SMILES string of the molecule is C.CC[C@](C)(NC(=O)[C@@H](N)CCCCOC(=O)c1ccccc1)C(=O)N[C@@H](Cc1ccncc1)C(=O)N1CCC[C@@H]1C(=O)O. The van der Waals surface area contributed by atoms with Crippen LogP contribution in [0.4, 0.5) is 0 Å². The number of aliphatic carboxylic acids is 1. The zero-order valence-corrected chi connectivity index (χ0v) is 24.7. The van der Waals surface area contributed by atoms with Crippen molar-refractivity contribution in [3.8, 4) is 0 Å². The number of ether oxygens (including phenoxy) is 1. The van der Waals surface area contributed by atoms with Gasteiger partial charge < -0.3 is 31.1 Å². The van der Waals surface area contributed by atoms with E-state index in [0.717, 1.165) is 5.56 Å². The van der Waals surface area contributed by atoms with Crippen molar-refractivity contribution in [2.75, 3.05) is 13.2 Å². The number of pyridine rings is 1. The Morgan fingerprint density at radius 3 is 2.43 bits per heavy atom. The summed E-state index contributed by atoms with van der Waals surface area (Å²) >= 11 is 0. The number of hydrogen-bond donors (Lipinski definition) is 4. The number of hydrogen-bond acceptors (Lipinski definition) is 8. The predicted molar refractivity (Wildman–Crippen MR) is 164 cm³/mol. The first kappa shape index (κ1) is 35.9. The fraction of sp³-hybridized carbons (Fsp3) is 0.500. The highest BCUT2D eigenvalue weighted by atomic mass is 16.5. The standard InChI is InChI=1S/C31H41N5O7.CH4/c1-3-31(2,35-26(37)23(32)12-7-8-19-43-29(41)22-10-5-4-6-11-22)30(42)34-24(20-21-14-16-33-17-15-21)27(38)36-18-9-13-25(36)28(39)40;/h4-6,10-11,14-17,23-25H,3,7-9,12-13,18-20,32H2,1-2H3,(H,34,42)(H,35,37)(H,39,40);1H4/t23-,24-,25+,31-;/m0./s1. The molecule has 3 amide bonds. The van der Waals surface area contributed by atoms with Crippen LogP contribution in [-0.4, -0.2) is 81.5 Å². The lowest BCUT2D eigenvalue weighted by atomic mass is 9.95. The molecule has 12 nitrogen and oxygen atoms in total. The van der Waals surface area contributed by atoms with E-state index in [-0.39, 0.29) is 33.4 Å². The van der Waals surface area contributed by atoms with Crippen LogP contribution in [0.2, 0.25) is 0 Å². The molecule has 1 aromatic heterocycles. The molecule has 44 heavy (non-hydrogen) atoms. The van der Waals surface area contributed by atoms with Crippen LogP contribution in [0.25, 0.3) is 0 Å². The summed E-state index contributed by atoms with van der Waals surface area (Å²) in [7, 11) is 0. The van der Waals surface area contributed by atoms with Gasteiger partial charge in [0.1, 0.15) is 17.6 Å². The average Bonchev–Trinajstić information content (AvgIpc) is 3.51. The molecule has 0 spiro atoms. The summed E-state index contributed by atoms with van der Waals surface area (Å²) < 4.78 is 5.25. The third kappa shape index (κ3) is 9.87. The molecule has 1 aliphatic rings. The molecule has 0 aliphatic carbocycles. The highest BCUT2D eigenvalue weighted by Gasteiger charge is 2.41. The Bertz CT molecular complexity index is 1260. The second kappa shape index (κ2) is 17.1. The van der Waals surface area contributed by atoms with Crippen molar-refractivity contribution < 1.29 is 33.8 Å². The van der Waals surface area contributed by atoms with Crippen molar-refractivity contribution in [1.29, 1.82) is 0 Å². The number of nitrogens with zero attached hydrogens (tertiary/aromatic N) is 2. The Morgan fingerprint density at radius 2 is 1.80 bits per heavy atom. The maximum Gasteiger partial charge on any atom is 0.338 e. The summed E-state index contributed by atoms with van der Waals surface area (Å²) in [5.74, 6) is -3.11. The number of benzene rings is 1. The van der Waals surface area contributed by atoms with Crippen LogP contribution in [0, 0.1) is 0 Å². The second-order valence-electron chi connectivity index (χ2n) is 10.9. The first-order valence-corrected chi connectivity index (χ1v) is 14.6. The number of carboxylic acids is 1. The summed E-state index contributed by atoms with van der Waals surface area (Å²) in [5.41, 5.74) is 5.93. The van der Waals surface area contributed by atoms with Gasteiger partial charge in [-0.05, 0) is 75.3 Å². The highest BCUT2D eigenvalue weighted by Crippen LogP contribution is 2.20. The van der Waals surface area contributed by atoms with Gasteiger partial charge in [0.25, 0.3) is 0 Å². The topological polar surface area (TPSA) is 181 Å². The molecule has 2 aromatic rings. The number of carboxylic acid groups (broad SMARTS) is 1. The van der Waals surface area contributed by atoms with Crippen LogP contribution in [0.3, 0.4) is 0 Å². The van der Waals surface area contributed by atoms with Gasteiger partial charge in [0.2, 0.25) is 17.7 Å². The van der Waals surface area contributed by atoms with Crippen LogP contribution in [-0.2, 0) is 30.3 Å². The van der Waals surface area contributed by atoms with E-state index in [1.807, 2.05) is 6.07 Å². The van der Waals surface area contributed by atoms with Gasteiger partial charge in [0.05, 0.1) is 18.2 Å². The summed E-state index contributed by atoms with van der Waals surface area (Å²) in [4.78, 5) is 69.1. The molecule has 0 bridgehead atoms. The van der Waals surface area contributed by atoms with Crippen LogP contribution in [0.5, 0.6) is 0 Å². The molecule has 240 valence electrons. The van der Waals surface area contributed by atoms with Gasteiger partial charge in [-0.25, -0.2) is 9.59 Å². The predicted octanol–water partition coefficient (Wildman–Crippen LogP) is 2.46. The lowest BCUT2D eigenvalue weighted by Crippen LogP contribution is -2.63. The Labute approximate surface area is 258 Å². The van der Waals surface area contributed by atoms with Crippen LogP contribution in [0.1, 0.15) is 75.7 Å². The maximum absolute atomic E-state index is 13.6. The average molecular weight is 612 g/mol. The smallest absolute Gasteiger partial charge is 0.338 e. The molecule has 1 aliphatic heterocycles. The molecule has 4 atom stereocenters. The number of carbonyl (C=O) groups is 5. The molecular formula is C32H45N5O7. The minimum atomic E-state index is -1.38. The first-order chi connectivity index (χ1) is 20.6. The third-order valence-corrected chi connectivity index (χ3v) is 7.71. The summed E-state index contributed by atoms with van der Waals surface area (Å²) in [6.07, 6.45) is 5.71. The summed E-state index contributed by atoms with van der Waals surface area (Å²) in [5, 5.41) is 15.1. The Hall–Kier alpha value is -4.32. The zero-order valence-electron chi connectivity index (χ0n) is 24.7. The Balaban J connectivity index is 0.00000675. The number of nitrogens with two attached hydrogens (primary N) is 1. The summed E-state index contributed by atoms with van der Waals surface area (Å²) in [6.45, 7) is 3.75. The van der Waals surface area contributed by atoms with Crippen molar-refractivity contribution in [3.63, 3.8) is 0 Å². The minimum absolute atomic E-state index is 0. The van der Waals surface area contributed by atoms with Gasteiger partial charge in [-0.15, -0.1) is 0 Å². The highest BCUT2D eigenvalue weighted by molar-refractivity contribution is 5.96. The fourth-order valence-electron chi connectivity index (χ4n) is 4.85. The fourth-order valence-corrected chi connectivity index (χ4v) is 4.85. The van der Waals surface area contributed by atoms with Crippen molar-refractivity contribution in [2.24, 2.45) is 5.73 Å². The number of rotatable bonds is 15. The van der Waals surface area contributed by atoms with E-state index in [0.29, 0.717) is 37.7 Å². The molecule has 1 saturated heterocycles. The quantitative estimate of drug-likeness (QED) is 0.174. The molecule has 1 aromatic carbocycles. The van der Waals surface area contributed by atoms with Crippen molar-refractivity contribution in [1.82, 2.24) is 20.5 Å². The Kier molecular flexibility index (Phi) is 13.9. The molecule has 12 heteroatoms. The van der Waals surface area contributed by atoms with E-state index >= 15 is 0 Å². The Morgan fingerprint density at radius 1 is 1.11 bits per heavy atom. The lowest BCUT2D eigenvalue weighted by Gasteiger charge is -2.33. The van der Waals surface area contributed by atoms with Gasteiger partial charge >= 0.3 is 11.9 Å². The maximum atomic E-state index is 13.6. The first-order valence-electron chi connectivity index (χ1n) is 14.6. The van der Waals surface area contributed by atoms with Gasteiger partial charge in [-0.3, -0.25) is 19.4 Å². The zero-order chi connectivity index (χ0) is 31.4. The molecule has 3 rings (SSSR count). The van der Waals surface area contributed by atoms with E-state index in [4.69, 9.17) is 10.5 Å². The third-order valence-electron chi connectivity index (χ3n) is 7.71. The number of carbonyl (C=O) groups excluding carboxylic acids is 4. The van der Waals surface area contributed by atoms with Gasteiger partial charge in [0, 0.05) is 25.4 Å². The number of nitrogens with one attached hydrogen (secondary N) is 2. The van der Waals surface area contributed by atoms with E-state index < -0.39 is 53.3 Å². The second-order valence-corrected chi connectivity index (χ2v) is 10.9. The lowest BCUT2D eigenvalue weighted by molar-refractivity contribution is -0.149. The largest absolute Gasteiger partial charge is 0.480 e. The van der Waals surface area contributed by atoms with Crippen molar-refractivity contribution >= 4 is 29.7 Å². The van der Waals surface area contributed by atoms with Crippen molar-refractivity contribution in [2.45, 2.75) is 89.9 Å². The van der Waals surface area contributed by atoms with Gasteiger partial charge in [-0.2, -0.15) is 0 Å². The van der Waals surface area contributed by atoms with E-state index in [1.54, 1.807) is 62.6 Å². The normalized spacial score (nSPS) is 16.9. The number of aromatic nitrogens is 1. The van der Waals surface area contributed by atoms with Gasteiger partial charge in [-0.1, -0.05) is 32.5 Å². The van der Waals surface area contributed by atoms with E-state index in [2.05, 4.69) is 15.6 Å². The molecular weight excluding hydrogens is 566 g/mol. The molecule has 1 fully saturated rings. The van der Waals surface area contributed by atoms with E-state index in [9.17, 15) is 29.1 Å².